The van der Waals surface area contributed by atoms with Crippen LogP contribution in [0.15, 0.2) is 54.9 Å². The molecular formula is C20H23N5O. The summed E-state index contributed by atoms with van der Waals surface area (Å²) in [5.74, 6) is 0. The molecule has 134 valence electrons. The molecule has 1 saturated heterocycles. The first-order valence-electron chi connectivity index (χ1n) is 8.94. The average Bonchev–Trinajstić information content (AvgIpc) is 3.30. The topological polar surface area (TPSA) is 77.1 Å². The highest BCUT2D eigenvalue weighted by Crippen LogP contribution is 2.19. The second-order valence-electron chi connectivity index (χ2n) is 6.75. The Labute approximate surface area is 152 Å². The number of benzene rings is 1. The largest absolute Gasteiger partial charge is 0.392 e. The van der Waals surface area contributed by atoms with E-state index in [4.69, 9.17) is 0 Å². The second kappa shape index (κ2) is 7.68. The van der Waals surface area contributed by atoms with Crippen molar-refractivity contribution < 1.29 is 5.11 Å². The number of β-amino-alcohol motifs (C(OH)–C–C–N with tert-alkyl or cyclic N) is 1. The number of anilines is 1. The first-order valence-corrected chi connectivity index (χ1v) is 8.94. The van der Waals surface area contributed by atoms with Crippen LogP contribution in [0.1, 0.15) is 17.7 Å². The molecule has 1 unspecified atom stereocenters. The lowest BCUT2D eigenvalue weighted by atomic mass is 10.2. The van der Waals surface area contributed by atoms with E-state index >= 15 is 0 Å². The van der Waals surface area contributed by atoms with E-state index in [0.29, 0.717) is 6.54 Å². The van der Waals surface area contributed by atoms with Gasteiger partial charge in [-0.3, -0.25) is 15.0 Å². The number of pyridine rings is 1. The van der Waals surface area contributed by atoms with Gasteiger partial charge in [-0.1, -0.05) is 12.1 Å². The van der Waals surface area contributed by atoms with Gasteiger partial charge in [0.1, 0.15) is 0 Å². The van der Waals surface area contributed by atoms with Crippen LogP contribution in [0.3, 0.4) is 0 Å². The van der Waals surface area contributed by atoms with Gasteiger partial charge >= 0.3 is 0 Å². The van der Waals surface area contributed by atoms with Gasteiger partial charge < -0.3 is 10.4 Å². The molecular weight excluding hydrogens is 326 g/mol. The molecule has 3 heterocycles. The van der Waals surface area contributed by atoms with Crippen LogP contribution < -0.4 is 5.32 Å². The van der Waals surface area contributed by atoms with Crippen molar-refractivity contribution in [1.82, 2.24) is 20.1 Å². The van der Waals surface area contributed by atoms with Crippen LogP contribution in [-0.4, -0.2) is 44.4 Å². The predicted molar refractivity (Wildman–Crippen MR) is 101 cm³/mol. The van der Waals surface area contributed by atoms with Crippen molar-refractivity contribution in [2.75, 3.05) is 18.4 Å². The van der Waals surface area contributed by atoms with Crippen LogP contribution in [0, 0.1) is 0 Å². The number of aliphatic hydroxyl groups is 1. The molecule has 6 nitrogen and oxygen atoms in total. The lowest BCUT2D eigenvalue weighted by Gasteiger charge is -2.15. The van der Waals surface area contributed by atoms with Crippen LogP contribution in [0.25, 0.3) is 11.3 Å². The maximum absolute atomic E-state index is 9.66. The van der Waals surface area contributed by atoms with E-state index in [1.165, 1.54) is 5.56 Å². The quantitative estimate of drug-likeness (QED) is 0.638. The monoisotopic (exact) mass is 349 g/mol. The molecule has 3 N–H and O–H groups in total. The van der Waals surface area contributed by atoms with Crippen molar-refractivity contribution in [2.24, 2.45) is 0 Å². The fourth-order valence-corrected chi connectivity index (χ4v) is 3.31. The van der Waals surface area contributed by atoms with Crippen LogP contribution >= 0.6 is 0 Å². The minimum Gasteiger partial charge on any atom is -0.392 e. The molecule has 0 aliphatic carbocycles. The molecule has 2 aromatic heterocycles. The second-order valence-corrected chi connectivity index (χ2v) is 6.75. The number of aromatic amines is 1. The summed E-state index contributed by atoms with van der Waals surface area (Å²) in [6, 6.07) is 14.4. The van der Waals surface area contributed by atoms with Crippen molar-refractivity contribution in [3.05, 3.63) is 66.1 Å². The van der Waals surface area contributed by atoms with Crippen LogP contribution in [0.5, 0.6) is 0 Å². The molecule has 1 aromatic carbocycles. The summed E-state index contributed by atoms with van der Waals surface area (Å²) in [6.07, 6.45) is 4.24. The van der Waals surface area contributed by atoms with Crippen LogP contribution in [0.4, 0.5) is 5.69 Å². The molecule has 0 saturated carbocycles. The standard InChI is InChI=1S/C20H23N5O/c26-19-6-9-25(14-19)13-15-2-1-3-17(10-15)22-12-18-11-20(24-23-18)16-4-7-21-8-5-16/h1-5,7-8,10-11,19,22,26H,6,9,12-14H2,(H,23,24). The van der Waals surface area contributed by atoms with Crippen molar-refractivity contribution >= 4 is 5.69 Å². The first-order chi connectivity index (χ1) is 12.8. The molecule has 0 spiro atoms. The highest BCUT2D eigenvalue weighted by Gasteiger charge is 2.19. The fraction of sp³-hybridized carbons (Fsp3) is 0.300. The van der Waals surface area contributed by atoms with Gasteiger partial charge in [-0.2, -0.15) is 5.10 Å². The Kier molecular flexibility index (Phi) is 4.95. The van der Waals surface area contributed by atoms with Crippen LogP contribution in [0.2, 0.25) is 0 Å². The minimum atomic E-state index is -0.175. The van der Waals surface area contributed by atoms with Gasteiger partial charge in [0.2, 0.25) is 0 Å². The molecule has 3 aromatic rings. The molecule has 6 heteroatoms. The van der Waals surface area contributed by atoms with E-state index in [0.717, 1.165) is 48.7 Å². The highest BCUT2D eigenvalue weighted by molar-refractivity contribution is 5.58. The first kappa shape index (κ1) is 16.8. The fourth-order valence-electron chi connectivity index (χ4n) is 3.31. The Morgan fingerprint density at radius 3 is 2.88 bits per heavy atom. The zero-order valence-electron chi connectivity index (χ0n) is 14.6. The molecule has 4 rings (SSSR count). The van der Waals surface area contributed by atoms with E-state index in [1.54, 1.807) is 12.4 Å². The van der Waals surface area contributed by atoms with E-state index in [9.17, 15) is 5.11 Å². The molecule has 1 fully saturated rings. The van der Waals surface area contributed by atoms with Crippen LogP contribution in [-0.2, 0) is 13.1 Å². The Balaban J connectivity index is 1.36. The van der Waals surface area contributed by atoms with E-state index < -0.39 is 0 Å². The summed E-state index contributed by atoms with van der Waals surface area (Å²) >= 11 is 0. The summed E-state index contributed by atoms with van der Waals surface area (Å²) in [5.41, 5.74) is 5.35. The van der Waals surface area contributed by atoms with E-state index in [-0.39, 0.29) is 6.10 Å². The molecule has 0 radical (unpaired) electrons. The highest BCUT2D eigenvalue weighted by atomic mass is 16.3. The maximum Gasteiger partial charge on any atom is 0.0925 e. The molecule has 1 aliphatic rings. The van der Waals surface area contributed by atoms with Gasteiger partial charge in [0, 0.05) is 43.3 Å². The Hall–Kier alpha value is -2.70. The smallest absolute Gasteiger partial charge is 0.0925 e. The molecule has 26 heavy (non-hydrogen) atoms. The van der Waals surface area contributed by atoms with Gasteiger partial charge in [-0.05, 0) is 42.3 Å². The summed E-state index contributed by atoms with van der Waals surface area (Å²) in [4.78, 5) is 6.33. The van der Waals surface area contributed by atoms with Gasteiger partial charge in [0.15, 0.2) is 0 Å². The third-order valence-corrected chi connectivity index (χ3v) is 4.67. The molecule has 0 bridgehead atoms. The number of nitrogens with zero attached hydrogens (tertiary/aromatic N) is 3. The zero-order valence-corrected chi connectivity index (χ0v) is 14.6. The zero-order chi connectivity index (χ0) is 17.8. The number of hydrogen-bond acceptors (Lipinski definition) is 5. The number of likely N-dealkylation sites (tertiary alicyclic amines) is 1. The third kappa shape index (κ3) is 4.09. The summed E-state index contributed by atoms with van der Waals surface area (Å²) in [7, 11) is 0. The molecule has 1 aliphatic heterocycles. The molecule has 0 amide bonds. The van der Waals surface area contributed by atoms with Gasteiger partial charge in [0.25, 0.3) is 0 Å². The molecule has 1 atom stereocenters. The van der Waals surface area contributed by atoms with Crippen molar-refractivity contribution in [3.8, 4) is 11.3 Å². The van der Waals surface area contributed by atoms with E-state index in [2.05, 4.69) is 55.7 Å². The minimum absolute atomic E-state index is 0.175. The number of aliphatic hydroxyl groups excluding tert-OH is 1. The third-order valence-electron chi connectivity index (χ3n) is 4.67. The number of hydrogen-bond donors (Lipinski definition) is 3. The normalized spacial score (nSPS) is 17.5. The summed E-state index contributed by atoms with van der Waals surface area (Å²) < 4.78 is 0. The number of rotatable bonds is 6. The number of aromatic nitrogens is 3. The number of H-pyrrole nitrogens is 1. The van der Waals surface area contributed by atoms with Gasteiger partial charge in [-0.15, -0.1) is 0 Å². The Bertz CT molecular complexity index is 848. The van der Waals surface area contributed by atoms with Gasteiger partial charge in [-0.25, -0.2) is 0 Å². The lowest BCUT2D eigenvalue weighted by molar-refractivity contribution is 0.175. The Morgan fingerprint density at radius 1 is 1.19 bits per heavy atom. The maximum atomic E-state index is 9.66. The van der Waals surface area contributed by atoms with Crippen molar-refractivity contribution in [1.29, 1.82) is 0 Å². The summed E-state index contributed by atoms with van der Waals surface area (Å²) in [5, 5.41) is 20.6. The lowest BCUT2D eigenvalue weighted by Crippen LogP contribution is -2.21. The number of nitrogens with one attached hydrogen (secondary N) is 2. The van der Waals surface area contributed by atoms with E-state index in [1.807, 2.05) is 12.1 Å². The summed E-state index contributed by atoms with van der Waals surface area (Å²) in [6.45, 7) is 3.29. The average molecular weight is 349 g/mol. The van der Waals surface area contributed by atoms with Crippen molar-refractivity contribution in [3.63, 3.8) is 0 Å². The van der Waals surface area contributed by atoms with Gasteiger partial charge in [0.05, 0.1) is 24.0 Å². The SMILES string of the molecule is OC1CCN(Cc2cccc(NCc3cc(-c4ccncc4)n[nH]3)c2)C1. The predicted octanol–water partition coefficient (Wildman–Crippen LogP) is 2.65. The van der Waals surface area contributed by atoms with Crippen molar-refractivity contribution in [2.45, 2.75) is 25.6 Å². The Morgan fingerprint density at radius 2 is 2.08 bits per heavy atom.